The van der Waals surface area contributed by atoms with Crippen LogP contribution in [0.1, 0.15) is 13.3 Å². The largest absolute Gasteiger partial charge is 0.463 e. The summed E-state index contributed by atoms with van der Waals surface area (Å²) in [5, 5.41) is 0. The molecule has 2 N–H and O–H groups in total. The van der Waals surface area contributed by atoms with Crippen molar-refractivity contribution >= 4 is 11.9 Å². The summed E-state index contributed by atoms with van der Waals surface area (Å²) in [7, 11) is 0. The van der Waals surface area contributed by atoms with Gasteiger partial charge in [-0.25, -0.2) is 4.79 Å². The van der Waals surface area contributed by atoms with Crippen LogP contribution in [0.3, 0.4) is 0 Å². The van der Waals surface area contributed by atoms with Crippen LogP contribution in [-0.2, 0) is 14.3 Å². The van der Waals surface area contributed by atoms with Gasteiger partial charge in [-0.2, -0.15) is 0 Å². The lowest BCUT2D eigenvalue weighted by molar-refractivity contribution is -0.137. The lowest BCUT2D eigenvalue weighted by Gasteiger charge is -2.37. The number of hydrogen-bond acceptors (Lipinski definition) is 4. The van der Waals surface area contributed by atoms with E-state index < -0.39 is 0 Å². The molecule has 1 rings (SSSR count). The van der Waals surface area contributed by atoms with Crippen LogP contribution in [0.15, 0.2) is 12.2 Å². The molecule has 0 radical (unpaired) electrons. The van der Waals surface area contributed by atoms with Gasteiger partial charge in [0.2, 0.25) is 5.91 Å². The maximum absolute atomic E-state index is 10.9. The number of ether oxygens (including phenoxy) is 1. The van der Waals surface area contributed by atoms with E-state index in [9.17, 15) is 9.59 Å². The third kappa shape index (κ3) is 3.36. The minimum absolute atomic E-state index is 0.170. The molecule has 1 aliphatic rings. The minimum Gasteiger partial charge on any atom is -0.463 e. The maximum atomic E-state index is 10.9. The van der Waals surface area contributed by atoms with E-state index >= 15 is 0 Å². The van der Waals surface area contributed by atoms with Gasteiger partial charge in [0.1, 0.15) is 0 Å². The first-order valence-electron chi connectivity index (χ1n) is 5.01. The molecule has 0 spiro atoms. The van der Waals surface area contributed by atoms with Crippen molar-refractivity contribution in [3.63, 3.8) is 0 Å². The van der Waals surface area contributed by atoms with Gasteiger partial charge in [-0.05, 0) is 13.3 Å². The number of nitrogens with zero attached hydrogens (tertiary/aromatic N) is 1. The number of carbonyl (C=O) groups is 2. The average molecular weight is 212 g/mol. The summed E-state index contributed by atoms with van der Waals surface area (Å²) in [6.07, 6.45) is 3.87. The van der Waals surface area contributed by atoms with E-state index in [1.807, 2.05) is 4.90 Å². The average Bonchev–Trinajstić information content (AvgIpc) is 2.09. The van der Waals surface area contributed by atoms with Crippen LogP contribution < -0.4 is 5.73 Å². The van der Waals surface area contributed by atoms with E-state index in [-0.39, 0.29) is 17.9 Å². The highest BCUT2D eigenvalue weighted by atomic mass is 16.5. The molecular formula is C10H16N2O3. The highest BCUT2D eigenvalue weighted by Crippen LogP contribution is 2.15. The molecule has 1 saturated heterocycles. The second kappa shape index (κ2) is 5.50. The van der Waals surface area contributed by atoms with Crippen molar-refractivity contribution in [3.05, 3.63) is 12.2 Å². The van der Waals surface area contributed by atoms with Gasteiger partial charge < -0.3 is 10.5 Å². The second-order valence-electron chi connectivity index (χ2n) is 3.36. The Balaban J connectivity index is 2.25. The quantitative estimate of drug-likeness (QED) is 0.500. The van der Waals surface area contributed by atoms with E-state index in [2.05, 4.69) is 0 Å². The molecule has 5 nitrogen and oxygen atoms in total. The van der Waals surface area contributed by atoms with Crippen molar-refractivity contribution < 1.29 is 14.3 Å². The summed E-state index contributed by atoms with van der Waals surface area (Å²) in [6, 6.07) is -0.170. The summed E-state index contributed by atoms with van der Waals surface area (Å²) in [5.41, 5.74) is 5.17. The highest BCUT2D eigenvalue weighted by Gasteiger charge is 2.31. The minimum atomic E-state index is -0.353. The highest BCUT2D eigenvalue weighted by molar-refractivity contribution is 5.82. The zero-order chi connectivity index (χ0) is 11.3. The number of hydrogen-bond donors (Lipinski definition) is 1. The molecule has 1 amide bonds. The smallest absolute Gasteiger partial charge is 0.330 e. The number of carbonyl (C=O) groups excluding carboxylic acids is 2. The molecule has 0 aliphatic carbocycles. The first kappa shape index (κ1) is 11.7. The maximum Gasteiger partial charge on any atom is 0.330 e. The van der Waals surface area contributed by atoms with Gasteiger partial charge in [0.15, 0.2) is 0 Å². The fraction of sp³-hybridized carbons (Fsp3) is 0.600. The molecule has 1 heterocycles. The lowest BCUT2D eigenvalue weighted by Crippen LogP contribution is -2.54. The predicted octanol–water partition coefficient (Wildman–Crippen LogP) is -0.335. The molecule has 1 aliphatic heterocycles. The molecule has 84 valence electrons. The van der Waals surface area contributed by atoms with Crippen molar-refractivity contribution in [3.8, 4) is 0 Å². The van der Waals surface area contributed by atoms with Crippen LogP contribution >= 0.6 is 0 Å². The van der Waals surface area contributed by atoms with Gasteiger partial charge in [0, 0.05) is 19.2 Å². The van der Waals surface area contributed by atoms with E-state index in [4.69, 9.17) is 10.5 Å². The molecule has 5 heteroatoms. The van der Waals surface area contributed by atoms with Crippen molar-refractivity contribution in [2.75, 3.05) is 19.7 Å². The van der Waals surface area contributed by atoms with Crippen molar-refractivity contribution in [2.24, 2.45) is 5.73 Å². The predicted molar refractivity (Wildman–Crippen MR) is 54.9 cm³/mol. The summed E-state index contributed by atoms with van der Waals surface area (Å²) < 4.78 is 4.71. The molecule has 0 aromatic carbocycles. The Morgan fingerprint density at radius 1 is 1.60 bits per heavy atom. The molecule has 1 atom stereocenters. The number of rotatable bonds is 5. The molecular weight excluding hydrogens is 196 g/mol. The van der Waals surface area contributed by atoms with Crippen LogP contribution in [0.25, 0.3) is 0 Å². The number of likely N-dealkylation sites (tertiary alicyclic amines) is 1. The first-order chi connectivity index (χ1) is 7.15. The van der Waals surface area contributed by atoms with Gasteiger partial charge in [0.05, 0.1) is 12.6 Å². The van der Waals surface area contributed by atoms with E-state index in [0.717, 1.165) is 13.0 Å². The monoisotopic (exact) mass is 212 g/mol. The molecule has 1 unspecified atom stereocenters. The molecule has 0 aromatic rings. The third-order valence-electron chi connectivity index (χ3n) is 2.34. The van der Waals surface area contributed by atoms with Gasteiger partial charge >= 0.3 is 5.97 Å². The summed E-state index contributed by atoms with van der Waals surface area (Å²) in [4.78, 5) is 23.7. The van der Waals surface area contributed by atoms with Gasteiger partial charge in [-0.3, -0.25) is 9.69 Å². The van der Waals surface area contributed by atoms with Crippen molar-refractivity contribution in [2.45, 2.75) is 19.4 Å². The van der Waals surface area contributed by atoms with Crippen LogP contribution in [0.2, 0.25) is 0 Å². The molecule has 0 saturated carbocycles. The Morgan fingerprint density at radius 3 is 2.80 bits per heavy atom. The van der Waals surface area contributed by atoms with Crippen LogP contribution in [-0.4, -0.2) is 42.5 Å². The molecule has 0 aromatic heterocycles. The number of esters is 1. The van der Waals surface area contributed by atoms with Crippen molar-refractivity contribution in [1.82, 2.24) is 4.90 Å². The lowest BCUT2D eigenvalue weighted by atomic mass is 10.0. The van der Waals surface area contributed by atoms with Crippen LogP contribution in [0.5, 0.6) is 0 Å². The fourth-order valence-electron chi connectivity index (χ4n) is 1.46. The summed E-state index contributed by atoms with van der Waals surface area (Å²) in [6.45, 7) is 3.54. The topological polar surface area (TPSA) is 72.6 Å². The van der Waals surface area contributed by atoms with Gasteiger partial charge in [-0.15, -0.1) is 0 Å². The van der Waals surface area contributed by atoms with E-state index in [0.29, 0.717) is 13.2 Å². The normalized spacial score (nSPS) is 21.3. The van der Waals surface area contributed by atoms with Crippen molar-refractivity contribution in [1.29, 1.82) is 0 Å². The van der Waals surface area contributed by atoms with Crippen LogP contribution in [0.4, 0.5) is 0 Å². The Hall–Kier alpha value is -1.36. The molecule has 0 bridgehead atoms. The summed E-state index contributed by atoms with van der Waals surface area (Å²) in [5.74, 6) is -0.653. The van der Waals surface area contributed by atoms with Gasteiger partial charge in [-0.1, -0.05) is 6.08 Å². The fourth-order valence-corrected chi connectivity index (χ4v) is 1.46. The summed E-state index contributed by atoms with van der Waals surface area (Å²) >= 11 is 0. The Kier molecular flexibility index (Phi) is 4.30. The number of nitrogens with two attached hydrogens (primary N) is 1. The Labute approximate surface area is 88.9 Å². The standard InChI is InChI=1S/C10H16N2O3/c1-2-15-9(13)4-3-6-12-7-5-8(12)10(11)14/h3-4,8H,2,5-7H2,1H3,(H2,11,14)/b4-3+. The number of amides is 1. The second-order valence-corrected chi connectivity index (χ2v) is 3.36. The zero-order valence-electron chi connectivity index (χ0n) is 8.81. The number of primary amides is 1. The Bertz CT molecular complexity index is 276. The third-order valence-corrected chi connectivity index (χ3v) is 2.34. The SMILES string of the molecule is CCOC(=O)/C=C/CN1CCC1C(N)=O. The van der Waals surface area contributed by atoms with E-state index in [1.54, 1.807) is 13.0 Å². The first-order valence-corrected chi connectivity index (χ1v) is 5.01. The van der Waals surface area contributed by atoms with E-state index in [1.165, 1.54) is 6.08 Å². The van der Waals surface area contributed by atoms with Gasteiger partial charge in [0.25, 0.3) is 0 Å². The zero-order valence-corrected chi connectivity index (χ0v) is 8.81. The Morgan fingerprint density at radius 2 is 2.33 bits per heavy atom. The van der Waals surface area contributed by atoms with Crippen LogP contribution in [0, 0.1) is 0 Å². The molecule has 15 heavy (non-hydrogen) atoms. The molecule has 1 fully saturated rings.